The fraction of sp³-hybridized carbons (Fsp3) is 0.579. The summed E-state index contributed by atoms with van der Waals surface area (Å²) in [4.78, 5) is 28.3. The van der Waals surface area contributed by atoms with Gasteiger partial charge in [0.2, 0.25) is 11.8 Å². The van der Waals surface area contributed by atoms with Gasteiger partial charge in [0.05, 0.1) is 13.1 Å². The Bertz CT molecular complexity index is 562. The molecule has 1 aromatic rings. The van der Waals surface area contributed by atoms with E-state index in [4.69, 9.17) is 0 Å². The van der Waals surface area contributed by atoms with E-state index in [0.29, 0.717) is 12.6 Å². The fourth-order valence-corrected chi connectivity index (χ4v) is 2.58. The lowest BCUT2D eigenvalue weighted by atomic mass is 10.0. The van der Waals surface area contributed by atoms with E-state index >= 15 is 0 Å². The van der Waals surface area contributed by atoms with Crippen molar-refractivity contribution in [3.63, 3.8) is 0 Å². The van der Waals surface area contributed by atoms with Crippen LogP contribution in [0.4, 0.5) is 0 Å². The topological polar surface area (TPSA) is 52.7 Å². The minimum absolute atomic E-state index is 0.00170. The summed E-state index contributed by atoms with van der Waals surface area (Å²) in [6, 6.07) is 10.3. The molecule has 1 aliphatic rings. The van der Waals surface area contributed by atoms with Crippen molar-refractivity contribution in [2.75, 3.05) is 20.1 Å². The van der Waals surface area contributed by atoms with Gasteiger partial charge in [0.15, 0.2) is 0 Å². The third-order valence-electron chi connectivity index (χ3n) is 4.06. The van der Waals surface area contributed by atoms with Crippen molar-refractivity contribution in [1.29, 1.82) is 0 Å². The summed E-state index contributed by atoms with van der Waals surface area (Å²) < 4.78 is 0. The first kappa shape index (κ1) is 18.5. The molecular formula is C19H29N3O2. The molecule has 0 radical (unpaired) electrons. The number of benzene rings is 1. The minimum Gasteiger partial charge on any atom is -0.352 e. The van der Waals surface area contributed by atoms with Gasteiger partial charge in [-0.1, -0.05) is 30.3 Å². The van der Waals surface area contributed by atoms with Gasteiger partial charge in [0.1, 0.15) is 0 Å². The zero-order valence-electron chi connectivity index (χ0n) is 15.2. The van der Waals surface area contributed by atoms with E-state index in [9.17, 15) is 9.59 Å². The first-order valence-corrected chi connectivity index (χ1v) is 8.58. The van der Waals surface area contributed by atoms with Gasteiger partial charge in [-0.3, -0.25) is 14.5 Å². The summed E-state index contributed by atoms with van der Waals surface area (Å²) in [5.74, 6) is 0.0336. The van der Waals surface area contributed by atoms with Crippen molar-refractivity contribution in [3.05, 3.63) is 35.9 Å². The lowest BCUT2D eigenvalue weighted by Crippen LogP contribution is -2.49. The van der Waals surface area contributed by atoms with Gasteiger partial charge in [-0.2, -0.15) is 0 Å². The minimum atomic E-state index is -0.274. The Hall–Kier alpha value is -1.88. The number of carbonyl (C=O) groups is 2. The maximum atomic E-state index is 12.8. The van der Waals surface area contributed by atoms with Gasteiger partial charge in [-0.25, -0.2) is 0 Å². The van der Waals surface area contributed by atoms with Crippen molar-refractivity contribution < 1.29 is 9.59 Å². The molecule has 0 heterocycles. The maximum Gasteiger partial charge on any atom is 0.237 e. The summed E-state index contributed by atoms with van der Waals surface area (Å²) >= 11 is 0. The van der Waals surface area contributed by atoms with Crippen molar-refractivity contribution >= 4 is 11.8 Å². The van der Waals surface area contributed by atoms with Crippen LogP contribution in [0.5, 0.6) is 0 Å². The van der Waals surface area contributed by atoms with E-state index in [2.05, 4.69) is 5.32 Å². The largest absolute Gasteiger partial charge is 0.352 e. The molecule has 0 aromatic heterocycles. The standard InChI is InChI=1S/C19H29N3O2/c1-19(2,3)22(12-15-8-6-5-7-9-15)18(24)14-21(4)13-17(23)20-16-10-11-16/h5-9,16H,10-14H2,1-4H3,(H,20,23). The van der Waals surface area contributed by atoms with Crippen molar-refractivity contribution in [2.24, 2.45) is 0 Å². The third kappa shape index (κ3) is 5.96. The molecule has 24 heavy (non-hydrogen) atoms. The van der Waals surface area contributed by atoms with E-state index < -0.39 is 0 Å². The molecule has 0 bridgehead atoms. The molecule has 2 rings (SSSR count). The summed E-state index contributed by atoms with van der Waals surface area (Å²) in [5.41, 5.74) is 0.833. The van der Waals surface area contributed by atoms with Gasteiger partial charge in [-0.05, 0) is 46.2 Å². The van der Waals surface area contributed by atoms with Crippen molar-refractivity contribution in [2.45, 2.75) is 51.7 Å². The predicted molar refractivity (Wildman–Crippen MR) is 95.4 cm³/mol. The smallest absolute Gasteiger partial charge is 0.237 e. The van der Waals surface area contributed by atoms with Crippen LogP contribution < -0.4 is 5.32 Å². The van der Waals surface area contributed by atoms with E-state index in [1.807, 2.05) is 63.1 Å². The monoisotopic (exact) mass is 331 g/mol. The Morgan fingerprint density at radius 2 is 1.75 bits per heavy atom. The predicted octanol–water partition coefficient (Wildman–Crippen LogP) is 2.02. The molecule has 1 N–H and O–H groups in total. The van der Waals surface area contributed by atoms with Gasteiger partial charge >= 0.3 is 0 Å². The second-order valence-electron chi connectivity index (χ2n) is 7.65. The summed E-state index contributed by atoms with van der Waals surface area (Å²) in [6.45, 7) is 7.17. The SMILES string of the molecule is CN(CC(=O)NC1CC1)CC(=O)N(Cc1ccccc1)C(C)(C)C. The fourth-order valence-electron chi connectivity index (χ4n) is 2.58. The van der Waals surface area contributed by atoms with Crippen LogP contribution in [-0.2, 0) is 16.1 Å². The molecule has 0 spiro atoms. The molecule has 1 fully saturated rings. The highest BCUT2D eigenvalue weighted by Gasteiger charge is 2.28. The van der Waals surface area contributed by atoms with Crippen LogP contribution in [0.3, 0.4) is 0 Å². The average molecular weight is 331 g/mol. The molecule has 1 aliphatic carbocycles. The number of rotatable bonds is 7. The van der Waals surface area contributed by atoms with E-state index in [1.54, 1.807) is 4.90 Å². The first-order valence-electron chi connectivity index (χ1n) is 8.58. The highest BCUT2D eigenvalue weighted by atomic mass is 16.2. The number of nitrogens with zero attached hydrogens (tertiary/aromatic N) is 2. The number of nitrogens with one attached hydrogen (secondary N) is 1. The molecule has 1 aromatic carbocycles. The van der Waals surface area contributed by atoms with Crippen LogP contribution in [0, 0.1) is 0 Å². The average Bonchev–Trinajstić information content (AvgIpc) is 3.28. The molecule has 0 aliphatic heterocycles. The normalized spacial score (nSPS) is 14.5. The zero-order valence-corrected chi connectivity index (χ0v) is 15.2. The molecule has 1 saturated carbocycles. The Kier molecular flexibility index (Phi) is 5.99. The molecule has 0 saturated heterocycles. The second kappa shape index (κ2) is 7.79. The second-order valence-corrected chi connectivity index (χ2v) is 7.65. The van der Waals surface area contributed by atoms with Crippen LogP contribution in [0.25, 0.3) is 0 Å². The molecule has 132 valence electrons. The molecule has 0 unspecified atom stereocenters. The van der Waals surface area contributed by atoms with Gasteiger partial charge in [-0.15, -0.1) is 0 Å². The lowest BCUT2D eigenvalue weighted by Gasteiger charge is -2.37. The number of hydrogen-bond acceptors (Lipinski definition) is 3. The molecular weight excluding hydrogens is 302 g/mol. The zero-order chi connectivity index (χ0) is 17.7. The van der Waals surface area contributed by atoms with Gasteiger partial charge in [0.25, 0.3) is 0 Å². The van der Waals surface area contributed by atoms with Crippen LogP contribution >= 0.6 is 0 Å². The molecule has 0 atom stereocenters. The van der Waals surface area contributed by atoms with Gasteiger partial charge < -0.3 is 10.2 Å². The van der Waals surface area contributed by atoms with E-state index in [0.717, 1.165) is 18.4 Å². The third-order valence-corrected chi connectivity index (χ3v) is 4.06. The quantitative estimate of drug-likeness (QED) is 0.832. The highest BCUT2D eigenvalue weighted by Crippen LogP contribution is 2.19. The summed E-state index contributed by atoms with van der Waals surface area (Å²) in [7, 11) is 1.81. The first-order chi connectivity index (χ1) is 11.3. The van der Waals surface area contributed by atoms with Gasteiger partial charge in [0, 0.05) is 18.1 Å². The lowest BCUT2D eigenvalue weighted by molar-refractivity contribution is -0.138. The highest BCUT2D eigenvalue weighted by molar-refractivity contribution is 5.81. The van der Waals surface area contributed by atoms with E-state index in [1.165, 1.54) is 0 Å². The number of likely N-dealkylation sites (N-methyl/N-ethyl adjacent to an activating group) is 1. The van der Waals surface area contributed by atoms with Crippen LogP contribution in [0.15, 0.2) is 30.3 Å². The molecule has 5 nitrogen and oxygen atoms in total. The molecule has 2 amide bonds. The van der Waals surface area contributed by atoms with Crippen LogP contribution in [0.2, 0.25) is 0 Å². The van der Waals surface area contributed by atoms with Crippen LogP contribution in [0.1, 0.15) is 39.2 Å². The van der Waals surface area contributed by atoms with Crippen molar-refractivity contribution in [1.82, 2.24) is 15.1 Å². The van der Waals surface area contributed by atoms with Crippen LogP contribution in [-0.4, -0.2) is 53.3 Å². The number of carbonyl (C=O) groups excluding carboxylic acids is 2. The van der Waals surface area contributed by atoms with Crippen molar-refractivity contribution in [3.8, 4) is 0 Å². The Morgan fingerprint density at radius 1 is 1.12 bits per heavy atom. The Balaban J connectivity index is 1.92. The number of amides is 2. The number of hydrogen-bond donors (Lipinski definition) is 1. The van der Waals surface area contributed by atoms with E-state index in [-0.39, 0.29) is 30.4 Å². The summed E-state index contributed by atoms with van der Waals surface area (Å²) in [6.07, 6.45) is 2.15. The maximum absolute atomic E-state index is 12.8. The Morgan fingerprint density at radius 3 is 2.29 bits per heavy atom. The Labute approximate surface area is 145 Å². The summed E-state index contributed by atoms with van der Waals surface area (Å²) in [5, 5.41) is 2.95. The molecule has 5 heteroatoms.